The molecule has 0 aromatic heterocycles. The zero-order chi connectivity index (χ0) is 8.31. The molecule has 0 aliphatic heterocycles. The van der Waals surface area contributed by atoms with Crippen LogP contribution >= 0.6 is 15.1 Å². The predicted octanol–water partition coefficient (Wildman–Crippen LogP) is 0.643. The van der Waals surface area contributed by atoms with Gasteiger partial charge >= 0.3 is 0 Å². The quantitative estimate of drug-likeness (QED) is 0.623. The summed E-state index contributed by atoms with van der Waals surface area (Å²) in [6.45, 7) is 4.08. The van der Waals surface area contributed by atoms with Crippen molar-refractivity contribution in [3.05, 3.63) is 0 Å². The first kappa shape index (κ1) is 10.3. The van der Waals surface area contributed by atoms with Crippen molar-refractivity contribution in [2.45, 2.75) is 11.6 Å². The summed E-state index contributed by atoms with van der Waals surface area (Å²) >= 11 is 0. The maximum absolute atomic E-state index is 5.78. The molecule has 10 heavy (non-hydrogen) atoms. The van der Waals surface area contributed by atoms with Crippen molar-refractivity contribution in [1.82, 2.24) is 0 Å². The largest absolute Gasteiger partial charge is 0.286 e. The van der Waals surface area contributed by atoms with Gasteiger partial charge in [-0.2, -0.15) is 0 Å². The summed E-state index contributed by atoms with van der Waals surface area (Å²) < 4.78 is 0. The Morgan fingerprint density at radius 2 is 1.20 bits per heavy atom. The van der Waals surface area contributed by atoms with Crippen molar-refractivity contribution >= 4 is 27.7 Å². The fourth-order valence-electron chi connectivity index (χ4n) is 0.521. The molecule has 4 N–H and O–H groups in total. The smallest absolute Gasteiger partial charge is 0.220 e. The highest BCUT2D eigenvalue weighted by molar-refractivity contribution is 7.60. The van der Waals surface area contributed by atoms with Gasteiger partial charge in [0.25, 0.3) is 0 Å². The SMILES string of the molecule is C=[P+](C)C(N)C(N)[P+](=C)C. The van der Waals surface area contributed by atoms with Gasteiger partial charge in [-0.15, -0.1) is 0 Å². The van der Waals surface area contributed by atoms with Crippen molar-refractivity contribution in [2.24, 2.45) is 11.5 Å². The van der Waals surface area contributed by atoms with Gasteiger partial charge in [0.2, 0.25) is 11.6 Å². The van der Waals surface area contributed by atoms with E-state index in [0.717, 1.165) is 0 Å². The Morgan fingerprint density at radius 3 is 1.30 bits per heavy atom. The molecule has 0 fully saturated rings. The lowest BCUT2D eigenvalue weighted by molar-refractivity contribution is 0.843. The summed E-state index contributed by atoms with van der Waals surface area (Å²) in [6, 6.07) is 0. The fourth-order valence-corrected chi connectivity index (χ4v) is 2.93. The summed E-state index contributed by atoms with van der Waals surface area (Å²) in [7, 11) is -0.709. The summed E-state index contributed by atoms with van der Waals surface area (Å²) in [6.07, 6.45) is 7.77. The molecule has 0 rings (SSSR count). The Hall–Kier alpha value is 0.260. The van der Waals surface area contributed by atoms with Crippen LogP contribution in [-0.2, 0) is 0 Å². The van der Waals surface area contributed by atoms with Crippen molar-refractivity contribution in [2.75, 3.05) is 13.3 Å². The molecule has 0 amide bonds. The molecule has 0 radical (unpaired) electrons. The molecule has 0 aromatic rings. The second-order valence-corrected chi connectivity index (χ2v) is 6.72. The summed E-state index contributed by atoms with van der Waals surface area (Å²) in [5.74, 6) is 0.118. The fraction of sp³-hybridized carbons (Fsp3) is 0.667. The highest BCUT2D eigenvalue weighted by atomic mass is 31.1. The molecule has 0 spiro atoms. The van der Waals surface area contributed by atoms with Crippen LogP contribution in [0.5, 0.6) is 0 Å². The topological polar surface area (TPSA) is 52.0 Å². The van der Waals surface area contributed by atoms with Gasteiger partial charge in [0.05, 0.1) is 25.9 Å². The van der Waals surface area contributed by atoms with Gasteiger partial charge in [0.1, 0.15) is 15.1 Å². The highest BCUT2D eigenvalue weighted by Crippen LogP contribution is 2.30. The number of hydrogen-bond donors (Lipinski definition) is 2. The molecule has 0 aliphatic carbocycles. The van der Waals surface area contributed by atoms with E-state index in [0.29, 0.717) is 0 Å². The number of hydrogen-bond acceptors (Lipinski definition) is 2. The minimum atomic E-state index is -0.355. The molecule has 0 heterocycles. The first-order valence-corrected chi connectivity index (χ1v) is 7.13. The third-order valence-corrected chi connectivity index (χ3v) is 4.28. The van der Waals surface area contributed by atoms with Crippen LogP contribution in [0.2, 0.25) is 0 Å². The lowest BCUT2D eigenvalue weighted by atomic mass is 10.7. The predicted molar refractivity (Wildman–Crippen MR) is 55.9 cm³/mol. The van der Waals surface area contributed by atoms with Crippen LogP contribution in [0, 0.1) is 0 Å². The van der Waals surface area contributed by atoms with Crippen LogP contribution in [0.25, 0.3) is 0 Å². The number of nitrogens with two attached hydrogens (primary N) is 2. The lowest BCUT2D eigenvalue weighted by Gasteiger charge is -2.04. The molecular weight excluding hydrogens is 162 g/mol. The molecule has 0 saturated carbocycles. The van der Waals surface area contributed by atoms with Crippen LogP contribution in [-0.4, -0.2) is 37.5 Å². The first-order chi connectivity index (χ1) is 4.46. The summed E-state index contributed by atoms with van der Waals surface area (Å²) in [5, 5.41) is 0. The molecule has 58 valence electrons. The Balaban J connectivity index is 4.07. The van der Waals surface area contributed by atoms with Crippen LogP contribution in [0.3, 0.4) is 0 Å². The zero-order valence-corrected chi connectivity index (χ0v) is 8.41. The summed E-state index contributed by atoms with van der Waals surface area (Å²) in [5.41, 5.74) is 11.6. The van der Waals surface area contributed by atoms with Crippen LogP contribution in [0.15, 0.2) is 0 Å². The van der Waals surface area contributed by atoms with Gasteiger partial charge in [-0.25, -0.2) is 0 Å². The Morgan fingerprint density at radius 1 is 1.00 bits per heavy atom. The molecule has 0 saturated heterocycles. The van der Waals surface area contributed by atoms with Crippen molar-refractivity contribution in [3.63, 3.8) is 0 Å². The molecule has 2 nitrogen and oxygen atoms in total. The average Bonchev–Trinajstić information content (AvgIpc) is 1.84. The van der Waals surface area contributed by atoms with E-state index in [1.165, 1.54) is 0 Å². The zero-order valence-electron chi connectivity index (χ0n) is 6.62. The van der Waals surface area contributed by atoms with E-state index in [1.807, 2.05) is 13.3 Å². The van der Waals surface area contributed by atoms with Gasteiger partial charge in [0.15, 0.2) is 0 Å². The van der Waals surface area contributed by atoms with Crippen LogP contribution < -0.4 is 11.5 Å². The van der Waals surface area contributed by atoms with E-state index in [1.54, 1.807) is 0 Å². The molecule has 0 bridgehead atoms. The molecule has 0 aromatic carbocycles. The average molecular weight is 178 g/mol. The van der Waals surface area contributed by atoms with E-state index in [-0.39, 0.29) is 26.7 Å². The minimum Gasteiger partial charge on any atom is -0.286 e. The second-order valence-electron chi connectivity index (χ2n) is 2.50. The van der Waals surface area contributed by atoms with Crippen LogP contribution in [0.1, 0.15) is 0 Å². The maximum Gasteiger partial charge on any atom is 0.220 e. The standard InChI is InChI=1S/C6H16N2P2/c1-9(2)5(7)6(8)10(3)4/h5-6H,1,3,7-8H2,2,4H3/q+2. The highest BCUT2D eigenvalue weighted by Gasteiger charge is 2.29. The van der Waals surface area contributed by atoms with Gasteiger partial charge < -0.3 is 0 Å². The Labute approximate surface area is 64.8 Å². The number of rotatable bonds is 3. The first-order valence-electron chi connectivity index (χ1n) is 3.04. The monoisotopic (exact) mass is 178 g/mol. The minimum absolute atomic E-state index is 0.0589. The van der Waals surface area contributed by atoms with Crippen molar-refractivity contribution < 1.29 is 0 Å². The third-order valence-electron chi connectivity index (χ3n) is 1.37. The molecule has 4 atom stereocenters. The van der Waals surface area contributed by atoms with Crippen molar-refractivity contribution in [3.8, 4) is 0 Å². The van der Waals surface area contributed by atoms with E-state index in [4.69, 9.17) is 11.5 Å². The van der Waals surface area contributed by atoms with Gasteiger partial charge in [0, 0.05) is 0 Å². The van der Waals surface area contributed by atoms with E-state index >= 15 is 0 Å². The third kappa shape index (κ3) is 2.90. The molecule has 4 heteroatoms. The van der Waals surface area contributed by atoms with Gasteiger partial charge in [-0.3, -0.25) is 11.5 Å². The Bertz CT molecular complexity index is 138. The Kier molecular flexibility index (Phi) is 4.31. The molecule has 0 aliphatic rings. The van der Waals surface area contributed by atoms with E-state index in [9.17, 15) is 0 Å². The van der Waals surface area contributed by atoms with Crippen LogP contribution in [0.4, 0.5) is 0 Å². The van der Waals surface area contributed by atoms with Gasteiger partial charge in [-0.1, -0.05) is 0 Å². The normalized spacial score (nSPS) is 19.6. The molecular formula is C6H16N2P2+2. The van der Waals surface area contributed by atoms with Gasteiger partial charge in [-0.05, 0) is 0 Å². The second kappa shape index (κ2) is 4.20. The summed E-state index contributed by atoms with van der Waals surface area (Å²) in [4.78, 5) is 0. The van der Waals surface area contributed by atoms with E-state index < -0.39 is 0 Å². The van der Waals surface area contributed by atoms with E-state index in [2.05, 4.69) is 12.6 Å². The maximum atomic E-state index is 5.78. The lowest BCUT2D eigenvalue weighted by Crippen LogP contribution is -2.35. The molecule has 4 unspecified atom stereocenters. The van der Waals surface area contributed by atoms with Crippen molar-refractivity contribution in [1.29, 1.82) is 0 Å².